The molecule has 0 heterocycles. The van der Waals surface area contributed by atoms with Crippen LogP contribution >= 0.6 is 0 Å². The number of carbonyl (C=O) groups excluding carboxylic acids is 2. The van der Waals surface area contributed by atoms with Crippen LogP contribution in [0.5, 0.6) is 0 Å². The Morgan fingerprint density at radius 2 is 1.20 bits per heavy atom. The molecule has 0 amide bonds. The van der Waals surface area contributed by atoms with Crippen molar-refractivity contribution in [2.75, 3.05) is 0 Å². The number of hydrogen-bond acceptors (Lipinski definition) is 3. The van der Waals surface area contributed by atoms with E-state index in [0.717, 1.165) is 25.7 Å². The molecule has 15 heavy (non-hydrogen) atoms. The molecule has 0 aromatic carbocycles. The zero-order chi connectivity index (χ0) is 11.5. The molecular weight excluding hydrogens is 224 g/mol. The lowest BCUT2D eigenvalue weighted by Gasteiger charge is -2.02. The number of esters is 2. The summed E-state index contributed by atoms with van der Waals surface area (Å²) in [5.74, 6) is -0.693. The third kappa shape index (κ3) is 9.87. The van der Waals surface area contributed by atoms with Crippen molar-refractivity contribution in [3.8, 4) is 0 Å². The first-order valence-corrected chi connectivity index (χ1v) is 8.77. The van der Waals surface area contributed by atoms with Crippen molar-refractivity contribution in [3.63, 3.8) is 0 Å². The number of rotatable bonds is 8. The van der Waals surface area contributed by atoms with Gasteiger partial charge in [0.25, 0.3) is 0 Å². The molecule has 0 unspecified atom stereocenters. The zero-order valence-corrected chi connectivity index (χ0v) is 13.9. The fraction of sp³-hybridized carbons (Fsp3) is 0.800. The molecule has 0 fully saturated rings. The maximum atomic E-state index is 11.1. The second kappa shape index (κ2) is 10.1. The first-order chi connectivity index (χ1) is 7.20. The van der Waals surface area contributed by atoms with E-state index in [1.165, 1.54) is 32.6 Å². The second-order valence-electron chi connectivity index (χ2n) is 3.76. The summed E-state index contributed by atoms with van der Waals surface area (Å²) < 4.78 is 4.69. The van der Waals surface area contributed by atoms with E-state index in [0.29, 0.717) is 12.8 Å². The van der Waals surface area contributed by atoms with Crippen LogP contribution in [0.1, 0.15) is 38.5 Å². The number of ether oxygens (including phenoxy) is 1. The first kappa shape index (κ1) is 14.6. The van der Waals surface area contributed by atoms with Crippen LogP contribution in [0.25, 0.3) is 0 Å². The molecule has 0 aromatic heterocycles. The van der Waals surface area contributed by atoms with Crippen molar-refractivity contribution in [2.24, 2.45) is 0 Å². The molecule has 88 valence electrons. The Hall–Kier alpha value is -0.426. The van der Waals surface area contributed by atoms with Gasteiger partial charge in [-0.2, -0.15) is 0 Å². The highest BCUT2D eigenvalue weighted by atomic mass is 28.1. The Morgan fingerprint density at radius 3 is 1.53 bits per heavy atom. The van der Waals surface area contributed by atoms with Gasteiger partial charge in [-0.1, -0.05) is 24.9 Å². The van der Waals surface area contributed by atoms with Gasteiger partial charge < -0.3 is 4.74 Å². The van der Waals surface area contributed by atoms with Crippen molar-refractivity contribution in [1.82, 2.24) is 0 Å². The summed E-state index contributed by atoms with van der Waals surface area (Å²) in [5, 5.41) is 0. The molecule has 0 rings (SSSR count). The quantitative estimate of drug-likeness (QED) is 0.261. The van der Waals surface area contributed by atoms with Gasteiger partial charge in [0.05, 0.1) is 0 Å². The van der Waals surface area contributed by atoms with E-state index in [4.69, 9.17) is 0 Å². The molecule has 5 heteroatoms. The molecule has 0 aromatic rings. The standard InChI is InChI=1S/C10H22O3Si2/c11-9(5-1-3-7-14)13-10(12)6-2-4-8-15/h1-8H2,14-15H3. The van der Waals surface area contributed by atoms with Gasteiger partial charge in [0.15, 0.2) is 0 Å². The molecule has 0 aliphatic carbocycles. The summed E-state index contributed by atoms with van der Waals surface area (Å²) in [6, 6.07) is 2.42. The largest absolute Gasteiger partial charge is 0.393 e. The maximum Gasteiger partial charge on any atom is 0.313 e. The minimum atomic E-state index is -0.346. The Morgan fingerprint density at radius 1 is 0.800 bits per heavy atom. The van der Waals surface area contributed by atoms with Gasteiger partial charge in [-0.05, 0) is 12.8 Å². The minimum Gasteiger partial charge on any atom is -0.393 e. The fourth-order valence-corrected chi connectivity index (χ4v) is 2.27. The molecule has 3 nitrogen and oxygen atoms in total. The highest BCUT2D eigenvalue weighted by Crippen LogP contribution is 2.03. The van der Waals surface area contributed by atoms with Crippen molar-refractivity contribution in [1.29, 1.82) is 0 Å². The fourth-order valence-electron chi connectivity index (χ4n) is 1.27. The van der Waals surface area contributed by atoms with E-state index in [1.54, 1.807) is 0 Å². The molecular formula is C10H22O3Si2. The molecule has 0 radical (unpaired) electrons. The van der Waals surface area contributed by atoms with Gasteiger partial charge in [0, 0.05) is 33.3 Å². The summed E-state index contributed by atoms with van der Waals surface area (Å²) in [5.41, 5.74) is 0. The van der Waals surface area contributed by atoms with Crippen LogP contribution in [0.15, 0.2) is 0 Å². The summed E-state index contributed by atoms with van der Waals surface area (Å²) in [7, 11) is 2.37. The first-order valence-electron chi connectivity index (χ1n) is 5.94. The lowest BCUT2D eigenvalue weighted by molar-refractivity contribution is -0.159. The Kier molecular flexibility index (Phi) is 9.82. The molecule has 0 saturated carbocycles. The van der Waals surface area contributed by atoms with Crippen LogP contribution in [-0.4, -0.2) is 32.4 Å². The molecule has 0 saturated heterocycles. The van der Waals surface area contributed by atoms with E-state index in [1.807, 2.05) is 0 Å². The van der Waals surface area contributed by atoms with E-state index in [2.05, 4.69) is 4.74 Å². The van der Waals surface area contributed by atoms with E-state index in [9.17, 15) is 9.59 Å². The van der Waals surface area contributed by atoms with Crippen molar-refractivity contribution in [3.05, 3.63) is 0 Å². The second-order valence-corrected chi connectivity index (χ2v) is 5.76. The summed E-state index contributed by atoms with van der Waals surface area (Å²) in [6.45, 7) is 0. The topological polar surface area (TPSA) is 43.4 Å². The lowest BCUT2D eigenvalue weighted by Crippen LogP contribution is -2.11. The van der Waals surface area contributed by atoms with Crippen LogP contribution in [0, 0.1) is 0 Å². The lowest BCUT2D eigenvalue weighted by atomic mass is 10.2. The van der Waals surface area contributed by atoms with Crippen molar-refractivity contribution < 1.29 is 14.3 Å². The third-order valence-corrected chi connectivity index (χ3v) is 3.61. The highest BCUT2D eigenvalue weighted by molar-refractivity contribution is 6.08. The minimum absolute atomic E-state index is 0.346. The van der Waals surface area contributed by atoms with Crippen LogP contribution in [0.3, 0.4) is 0 Å². The predicted octanol–water partition coefficient (Wildman–Crippen LogP) is -0.0358. The van der Waals surface area contributed by atoms with Crippen LogP contribution in [0.2, 0.25) is 12.1 Å². The normalized spacial score (nSPS) is 10.4. The van der Waals surface area contributed by atoms with E-state index in [-0.39, 0.29) is 11.9 Å². The van der Waals surface area contributed by atoms with Crippen LogP contribution < -0.4 is 0 Å². The van der Waals surface area contributed by atoms with E-state index < -0.39 is 0 Å². The number of unbranched alkanes of at least 4 members (excludes halogenated alkanes) is 2. The summed E-state index contributed by atoms with van der Waals surface area (Å²) in [4.78, 5) is 22.3. The van der Waals surface area contributed by atoms with Gasteiger partial charge in [-0.15, -0.1) is 0 Å². The van der Waals surface area contributed by atoms with Crippen LogP contribution in [-0.2, 0) is 14.3 Å². The molecule has 0 aliphatic heterocycles. The molecule has 0 atom stereocenters. The van der Waals surface area contributed by atoms with Crippen molar-refractivity contribution >= 4 is 32.4 Å². The molecule has 0 spiro atoms. The number of carbonyl (C=O) groups is 2. The zero-order valence-electron chi connectivity index (χ0n) is 9.88. The summed E-state index contributed by atoms with van der Waals surface area (Å²) in [6.07, 6.45) is 4.67. The molecule has 0 aliphatic rings. The van der Waals surface area contributed by atoms with Gasteiger partial charge in [0.1, 0.15) is 0 Å². The van der Waals surface area contributed by atoms with Gasteiger partial charge >= 0.3 is 11.9 Å². The highest BCUT2D eigenvalue weighted by Gasteiger charge is 2.09. The molecule has 0 N–H and O–H groups in total. The summed E-state index contributed by atoms with van der Waals surface area (Å²) >= 11 is 0. The predicted molar refractivity (Wildman–Crippen MR) is 68.3 cm³/mol. The van der Waals surface area contributed by atoms with Crippen LogP contribution in [0.4, 0.5) is 0 Å². The average Bonchev–Trinajstić information content (AvgIpc) is 2.18. The maximum absolute atomic E-state index is 11.1. The van der Waals surface area contributed by atoms with Gasteiger partial charge in [0.2, 0.25) is 0 Å². The Balaban J connectivity index is 3.45. The van der Waals surface area contributed by atoms with Gasteiger partial charge in [-0.3, -0.25) is 9.59 Å². The average molecular weight is 246 g/mol. The van der Waals surface area contributed by atoms with E-state index >= 15 is 0 Å². The monoisotopic (exact) mass is 246 g/mol. The smallest absolute Gasteiger partial charge is 0.313 e. The number of hydrogen-bond donors (Lipinski definition) is 0. The molecule has 0 bridgehead atoms. The Labute approximate surface area is 97.8 Å². The third-order valence-electron chi connectivity index (χ3n) is 2.20. The van der Waals surface area contributed by atoms with Crippen molar-refractivity contribution in [2.45, 2.75) is 50.6 Å². The van der Waals surface area contributed by atoms with Gasteiger partial charge in [-0.25, -0.2) is 0 Å². The SMILES string of the molecule is O=C(CCCC[SiH3])OC(=O)CCCC[SiH3]. The Bertz CT molecular complexity index is 175.